The third kappa shape index (κ3) is 3.53. The maximum atomic E-state index is 13.4. The number of hydrogen-bond donors (Lipinski definition) is 0. The van der Waals surface area contributed by atoms with E-state index < -0.39 is 18.0 Å². The third-order valence-electron chi connectivity index (χ3n) is 4.31. The first-order chi connectivity index (χ1) is 11.4. The summed E-state index contributed by atoms with van der Waals surface area (Å²) in [7, 11) is 0. The van der Waals surface area contributed by atoms with Crippen molar-refractivity contribution in [2.24, 2.45) is 0 Å². The van der Waals surface area contributed by atoms with Crippen molar-refractivity contribution in [3.8, 4) is 0 Å². The first kappa shape index (κ1) is 17.5. The second-order valence-corrected chi connectivity index (χ2v) is 6.03. The number of aromatic nitrogens is 1. The van der Waals surface area contributed by atoms with E-state index >= 15 is 0 Å². The van der Waals surface area contributed by atoms with E-state index in [1.54, 1.807) is 5.49 Å². The number of hydrogen-bond acceptors (Lipinski definition) is 5. The van der Waals surface area contributed by atoms with Crippen molar-refractivity contribution in [1.29, 1.82) is 0 Å². The number of pyridine rings is 1. The fourth-order valence-electron chi connectivity index (χ4n) is 2.90. The summed E-state index contributed by atoms with van der Waals surface area (Å²) >= 11 is 4.90. The van der Waals surface area contributed by atoms with Crippen molar-refractivity contribution >= 4 is 17.7 Å². The van der Waals surface area contributed by atoms with Gasteiger partial charge in [0.1, 0.15) is 5.69 Å². The summed E-state index contributed by atoms with van der Waals surface area (Å²) in [5.41, 5.74) is 1.07. The molecule has 1 aromatic rings. The summed E-state index contributed by atoms with van der Waals surface area (Å²) in [5, 5.41) is 0. The second-order valence-electron chi connectivity index (χ2n) is 5.82. The number of nitrogens with zero attached hydrogens (tertiary/aromatic N) is 3. The maximum Gasteiger partial charge on any atom is 0.418 e. The molecule has 0 N–H and O–H groups in total. The first-order valence-electron chi connectivity index (χ1n) is 7.64. The molecule has 5 nitrogen and oxygen atoms in total. The van der Waals surface area contributed by atoms with Gasteiger partial charge < -0.3 is 14.4 Å². The SMILES string of the molecule is C[C@H](c1cnc(C2OCCO2)c(C(F)(F)F)c1)N1CCN(C=S)C1. The quantitative estimate of drug-likeness (QED) is 0.768. The summed E-state index contributed by atoms with van der Waals surface area (Å²) in [6.07, 6.45) is -4.10. The van der Waals surface area contributed by atoms with E-state index in [9.17, 15) is 13.2 Å². The molecule has 24 heavy (non-hydrogen) atoms. The molecule has 0 amide bonds. The van der Waals surface area contributed by atoms with Crippen LogP contribution in [0.2, 0.25) is 0 Å². The van der Waals surface area contributed by atoms with Gasteiger partial charge in [0, 0.05) is 25.3 Å². The molecule has 3 heterocycles. The van der Waals surface area contributed by atoms with Gasteiger partial charge in [-0.2, -0.15) is 13.2 Å². The molecule has 0 aliphatic carbocycles. The lowest BCUT2D eigenvalue weighted by molar-refractivity contribution is -0.143. The molecule has 0 spiro atoms. The lowest BCUT2D eigenvalue weighted by atomic mass is 10.0. The van der Waals surface area contributed by atoms with Gasteiger partial charge in [-0.05, 0) is 18.6 Å². The number of alkyl halides is 3. The lowest BCUT2D eigenvalue weighted by Gasteiger charge is -2.25. The van der Waals surface area contributed by atoms with E-state index in [-0.39, 0.29) is 24.9 Å². The Kier molecular flexibility index (Phi) is 5.05. The highest BCUT2D eigenvalue weighted by Gasteiger charge is 2.39. The minimum atomic E-state index is -4.52. The van der Waals surface area contributed by atoms with Gasteiger partial charge >= 0.3 is 6.18 Å². The minimum absolute atomic E-state index is 0.196. The second kappa shape index (κ2) is 6.91. The molecule has 3 rings (SSSR count). The summed E-state index contributed by atoms with van der Waals surface area (Å²) in [6.45, 7) is 4.52. The van der Waals surface area contributed by atoms with E-state index in [0.29, 0.717) is 12.2 Å². The Morgan fingerprint density at radius 1 is 1.33 bits per heavy atom. The van der Waals surface area contributed by atoms with E-state index in [4.69, 9.17) is 21.7 Å². The van der Waals surface area contributed by atoms with Crippen LogP contribution in [0.15, 0.2) is 12.3 Å². The number of halogens is 3. The highest BCUT2D eigenvalue weighted by atomic mass is 32.1. The standard InChI is InChI=1S/C15H18F3N3O2S/c1-10(21-3-2-20(8-21)9-24)11-6-12(15(16,17)18)13(19-7-11)14-22-4-5-23-14/h6-7,9-10,14H,2-5,8H2,1H3/t10-/m1/s1. The Labute approximate surface area is 143 Å². The van der Waals surface area contributed by atoms with Crippen LogP contribution in [-0.2, 0) is 15.7 Å². The molecule has 0 radical (unpaired) electrons. The van der Waals surface area contributed by atoms with Crippen LogP contribution in [0.4, 0.5) is 13.2 Å². The number of ether oxygens (including phenoxy) is 2. The van der Waals surface area contributed by atoms with Crippen LogP contribution in [-0.4, -0.2) is 53.2 Å². The predicted octanol–water partition coefficient (Wildman–Crippen LogP) is 2.74. The lowest BCUT2D eigenvalue weighted by Crippen LogP contribution is -2.27. The molecule has 0 bridgehead atoms. The van der Waals surface area contributed by atoms with Gasteiger partial charge in [0.2, 0.25) is 6.29 Å². The maximum absolute atomic E-state index is 13.4. The summed E-state index contributed by atoms with van der Waals surface area (Å²) in [6, 6.07) is 0.955. The molecule has 2 saturated heterocycles. The molecule has 1 atom stereocenters. The zero-order chi connectivity index (χ0) is 17.3. The Balaban J connectivity index is 1.88. The smallest absolute Gasteiger partial charge is 0.354 e. The van der Waals surface area contributed by atoms with Crippen LogP contribution in [0.25, 0.3) is 0 Å². The van der Waals surface area contributed by atoms with Gasteiger partial charge in [-0.3, -0.25) is 9.88 Å². The largest absolute Gasteiger partial charge is 0.418 e. The van der Waals surface area contributed by atoms with Crippen LogP contribution in [0.1, 0.15) is 36.1 Å². The minimum Gasteiger partial charge on any atom is -0.354 e. The predicted molar refractivity (Wildman–Crippen MR) is 84.2 cm³/mol. The van der Waals surface area contributed by atoms with Crippen molar-refractivity contribution in [2.75, 3.05) is 33.0 Å². The molecule has 0 saturated carbocycles. The van der Waals surface area contributed by atoms with Gasteiger partial charge in [0.15, 0.2) is 0 Å². The highest BCUT2D eigenvalue weighted by Crippen LogP contribution is 2.38. The van der Waals surface area contributed by atoms with Gasteiger partial charge in [-0.1, -0.05) is 12.2 Å². The first-order valence-corrected chi connectivity index (χ1v) is 8.11. The van der Waals surface area contributed by atoms with Gasteiger partial charge in [-0.15, -0.1) is 0 Å². The molecule has 1 aromatic heterocycles. The van der Waals surface area contributed by atoms with Crippen molar-refractivity contribution < 1.29 is 22.6 Å². The third-order valence-corrected chi connectivity index (χ3v) is 4.61. The van der Waals surface area contributed by atoms with E-state index in [2.05, 4.69) is 9.88 Å². The van der Waals surface area contributed by atoms with Crippen LogP contribution >= 0.6 is 12.2 Å². The Hall–Kier alpha value is -1.29. The summed E-state index contributed by atoms with van der Waals surface area (Å²) in [5.74, 6) is 0. The van der Waals surface area contributed by atoms with Gasteiger partial charge in [0.25, 0.3) is 0 Å². The molecule has 2 fully saturated rings. The van der Waals surface area contributed by atoms with E-state index in [0.717, 1.165) is 19.2 Å². The van der Waals surface area contributed by atoms with Gasteiger partial charge in [-0.25, -0.2) is 0 Å². The van der Waals surface area contributed by atoms with E-state index in [1.165, 1.54) is 6.20 Å². The van der Waals surface area contributed by atoms with Crippen LogP contribution in [0, 0.1) is 0 Å². The zero-order valence-corrected chi connectivity index (χ0v) is 13.9. The average molecular weight is 361 g/mol. The fourth-order valence-corrected chi connectivity index (χ4v) is 3.07. The highest BCUT2D eigenvalue weighted by molar-refractivity contribution is 7.78. The molecule has 9 heteroatoms. The monoisotopic (exact) mass is 361 g/mol. The normalized spacial score (nSPS) is 21.4. The van der Waals surface area contributed by atoms with E-state index in [1.807, 2.05) is 11.8 Å². The van der Waals surface area contributed by atoms with Crippen LogP contribution in [0.5, 0.6) is 0 Å². The zero-order valence-electron chi connectivity index (χ0n) is 13.1. The molecule has 2 aliphatic rings. The molecular weight excluding hydrogens is 343 g/mol. The number of rotatable bonds is 4. The molecule has 0 aromatic carbocycles. The van der Waals surface area contributed by atoms with Gasteiger partial charge in [0.05, 0.1) is 30.9 Å². The average Bonchev–Trinajstić information content (AvgIpc) is 3.24. The van der Waals surface area contributed by atoms with Crippen molar-refractivity contribution in [1.82, 2.24) is 14.8 Å². The molecule has 2 aliphatic heterocycles. The Morgan fingerprint density at radius 3 is 2.62 bits per heavy atom. The number of thiocarbonyl (C=S) groups is 1. The van der Waals surface area contributed by atoms with Crippen LogP contribution in [0.3, 0.4) is 0 Å². The molecule has 132 valence electrons. The van der Waals surface area contributed by atoms with Crippen molar-refractivity contribution in [2.45, 2.75) is 25.4 Å². The Morgan fingerprint density at radius 2 is 2.04 bits per heavy atom. The van der Waals surface area contributed by atoms with Crippen molar-refractivity contribution in [3.63, 3.8) is 0 Å². The topological polar surface area (TPSA) is 37.8 Å². The molecular formula is C15H18F3N3O2S. The van der Waals surface area contributed by atoms with Crippen LogP contribution < -0.4 is 0 Å². The summed E-state index contributed by atoms with van der Waals surface area (Å²) in [4.78, 5) is 8.02. The summed E-state index contributed by atoms with van der Waals surface area (Å²) < 4.78 is 50.7. The Bertz CT molecular complexity index is 608. The fraction of sp³-hybridized carbons (Fsp3) is 0.600. The van der Waals surface area contributed by atoms with Crippen molar-refractivity contribution in [3.05, 3.63) is 29.1 Å². The molecule has 0 unspecified atom stereocenters.